The summed E-state index contributed by atoms with van der Waals surface area (Å²) in [5.41, 5.74) is 2.23. The van der Waals surface area contributed by atoms with Crippen LogP contribution in [-0.2, 0) is 16.1 Å². The third-order valence-electron chi connectivity index (χ3n) is 3.88. The minimum absolute atomic E-state index is 0.0559. The molecular formula is C16H19N3O3. The van der Waals surface area contributed by atoms with E-state index in [9.17, 15) is 4.79 Å². The Hall–Kier alpha value is -2.18. The number of aliphatic carboxylic acids is 1. The molecule has 6 nitrogen and oxygen atoms in total. The highest BCUT2D eigenvalue weighted by Gasteiger charge is 2.25. The van der Waals surface area contributed by atoms with Crippen LogP contribution >= 0.6 is 0 Å². The lowest BCUT2D eigenvalue weighted by Gasteiger charge is -2.34. The highest BCUT2D eigenvalue weighted by molar-refractivity contribution is 5.67. The molecule has 2 aromatic rings. The van der Waals surface area contributed by atoms with Crippen molar-refractivity contribution in [3.63, 3.8) is 0 Å². The Balaban J connectivity index is 1.67. The third kappa shape index (κ3) is 3.52. The fraction of sp³-hybridized carbons (Fsp3) is 0.375. The van der Waals surface area contributed by atoms with Gasteiger partial charge in [-0.1, -0.05) is 12.1 Å². The zero-order valence-electron chi connectivity index (χ0n) is 12.3. The average molecular weight is 301 g/mol. The van der Waals surface area contributed by atoms with Gasteiger partial charge < -0.3 is 14.4 Å². The lowest BCUT2D eigenvalue weighted by atomic mass is 10.1. The number of nitrogens with zero attached hydrogens (tertiary/aromatic N) is 3. The van der Waals surface area contributed by atoms with Crippen molar-refractivity contribution >= 4 is 5.97 Å². The maximum Gasteiger partial charge on any atom is 0.305 e. The van der Waals surface area contributed by atoms with Crippen LogP contribution in [0.15, 0.2) is 43.0 Å². The second-order valence-electron chi connectivity index (χ2n) is 5.43. The number of carboxylic acid groups (broad SMARTS) is 1. The highest BCUT2D eigenvalue weighted by Crippen LogP contribution is 2.16. The van der Waals surface area contributed by atoms with Crippen molar-refractivity contribution < 1.29 is 14.6 Å². The van der Waals surface area contributed by atoms with Crippen molar-refractivity contribution in [2.75, 3.05) is 19.8 Å². The van der Waals surface area contributed by atoms with Crippen LogP contribution in [0.2, 0.25) is 0 Å². The van der Waals surface area contributed by atoms with Crippen LogP contribution in [-0.4, -0.2) is 51.3 Å². The summed E-state index contributed by atoms with van der Waals surface area (Å²) in [6, 6.07) is 8.18. The summed E-state index contributed by atoms with van der Waals surface area (Å²) in [5, 5.41) is 9.00. The van der Waals surface area contributed by atoms with Gasteiger partial charge in [0.05, 0.1) is 26.0 Å². The first-order valence-corrected chi connectivity index (χ1v) is 7.33. The Labute approximate surface area is 129 Å². The molecule has 1 aliphatic rings. The summed E-state index contributed by atoms with van der Waals surface area (Å²) in [7, 11) is 0. The molecule has 1 fully saturated rings. The predicted molar refractivity (Wildman–Crippen MR) is 80.8 cm³/mol. The van der Waals surface area contributed by atoms with Gasteiger partial charge in [0.15, 0.2) is 0 Å². The Bertz CT molecular complexity index is 610. The summed E-state index contributed by atoms with van der Waals surface area (Å²) in [6.45, 7) is 2.65. The second kappa shape index (κ2) is 6.72. The third-order valence-corrected chi connectivity index (χ3v) is 3.88. The van der Waals surface area contributed by atoms with Gasteiger partial charge in [-0.25, -0.2) is 4.98 Å². The van der Waals surface area contributed by atoms with Gasteiger partial charge in [-0.3, -0.25) is 9.69 Å². The summed E-state index contributed by atoms with van der Waals surface area (Å²) in [6.07, 6.45) is 5.53. The molecule has 1 N–H and O–H groups in total. The number of carbonyl (C=O) groups is 1. The Kier molecular flexibility index (Phi) is 4.50. The molecule has 0 amide bonds. The zero-order valence-corrected chi connectivity index (χ0v) is 12.3. The van der Waals surface area contributed by atoms with Gasteiger partial charge in [-0.2, -0.15) is 0 Å². The van der Waals surface area contributed by atoms with Crippen LogP contribution in [0.4, 0.5) is 0 Å². The molecule has 2 heterocycles. The van der Waals surface area contributed by atoms with Crippen LogP contribution in [0.25, 0.3) is 5.69 Å². The van der Waals surface area contributed by atoms with Gasteiger partial charge in [0, 0.05) is 37.2 Å². The number of hydrogen-bond acceptors (Lipinski definition) is 4. The van der Waals surface area contributed by atoms with E-state index >= 15 is 0 Å². The normalized spacial score (nSPS) is 19.2. The van der Waals surface area contributed by atoms with Crippen molar-refractivity contribution in [2.45, 2.75) is 19.0 Å². The van der Waals surface area contributed by atoms with Gasteiger partial charge in [0.1, 0.15) is 0 Å². The number of aromatic nitrogens is 2. The predicted octanol–water partition coefficient (Wildman–Crippen LogP) is 1.55. The molecule has 6 heteroatoms. The minimum atomic E-state index is -0.782. The molecule has 1 aliphatic heterocycles. The SMILES string of the molecule is O=C(O)C[C@@H]1COCCN1Cc1ccc(-n2ccnc2)cc1. The van der Waals surface area contributed by atoms with Crippen molar-refractivity contribution in [1.82, 2.24) is 14.5 Å². The first-order chi connectivity index (χ1) is 10.7. The summed E-state index contributed by atoms with van der Waals surface area (Å²) in [4.78, 5) is 17.2. The molecule has 1 aromatic heterocycles. The number of imidazole rings is 1. The number of rotatable bonds is 5. The maximum atomic E-state index is 11.0. The molecule has 22 heavy (non-hydrogen) atoms. The van der Waals surface area contributed by atoms with E-state index in [2.05, 4.69) is 22.0 Å². The van der Waals surface area contributed by atoms with Crippen LogP contribution in [0.3, 0.4) is 0 Å². The molecular weight excluding hydrogens is 282 g/mol. The van der Waals surface area contributed by atoms with E-state index in [0.29, 0.717) is 13.2 Å². The molecule has 0 bridgehead atoms. The molecule has 0 unspecified atom stereocenters. The average Bonchev–Trinajstić information content (AvgIpc) is 3.04. The molecule has 1 aromatic carbocycles. The summed E-state index contributed by atoms with van der Waals surface area (Å²) < 4.78 is 7.35. The number of carboxylic acids is 1. The van der Waals surface area contributed by atoms with E-state index in [-0.39, 0.29) is 12.5 Å². The number of benzene rings is 1. The fourth-order valence-electron chi connectivity index (χ4n) is 2.71. The van der Waals surface area contributed by atoms with Crippen LogP contribution in [0, 0.1) is 0 Å². The molecule has 1 saturated heterocycles. The number of hydrogen-bond donors (Lipinski definition) is 1. The molecule has 1 atom stereocenters. The van der Waals surface area contributed by atoms with Crippen molar-refractivity contribution in [3.8, 4) is 5.69 Å². The van der Waals surface area contributed by atoms with E-state index in [1.807, 2.05) is 22.9 Å². The Morgan fingerprint density at radius 1 is 1.36 bits per heavy atom. The van der Waals surface area contributed by atoms with Gasteiger partial charge in [0.25, 0.3) is 0 Å². The highest BCUT2D eigenvalue weighted by atomic mass is 16.5. The molecule has 116 valence electrons. The smallest absolute Gasteiger partial charge is 0.305 e. The van der Waals surface area contributed by atoms with Crippen LogP contribution < -0.4 is 0 Å². The second-order valence-corrected chi connectivity index (χ2v) is 5.43. The molecule has 3 rings (SSSR count). The topological polar surface area (TPSA) is 67.6 Å². The van der Waals surface area contributed by atoms with Gasteiger partial charge >= 0.3 is 5.97 Å². The number of morpholine rings is 1. The lowest BCUT2D eigenvalue weighted by molar-refractivity contribution is -0.140. The molecule has 0 spiro atoms. The molecule has 0 radical (unpaired) electrons. The summed E-state index contributed by atoms with van der Waals surface area (Å²) in [5.74, 6) is -0.782. The van der Waals surface area contributed by atoms with E-state index in [1.165, 1.54) is 5.56 Å². The van der Waals surface area contributed by atoms with Crippen molar-refractivity contribution in [1.29, 1.82) is 0 Å². The van der Waals surface area contributed by atoms with E-state index in [4.69, 9.17) is 9.84 Å². The first kappa shape index (κ1) is 14.7. The molecule has 0 saturated carbocycles. The Morgan fingerprint density at radius 2 is 2.18 bits per heavy atom. The largest absolute Gasteiger partial charge is 0.481 e. The lowest BCUT2D eigenvalue weighted by Crippen LogP contribution is -2.45. The van der Waals surface area contributed by atoms with Gasteiger partial charge in [-0.05, 0) is 17.7 Å². The van der Waals surface area contributed by atoms with E-state index in [0.717, 1.165) is 18.8 Å². The quantitative estimate of drug-likeness (QED) is 0.907. The van der Waals surface area contributed by atoms with Crippen LogP contribution in [0.1, 0.15) is 12.0 Å². The molecule has 0 aliphatic carbocycles. The number of ether oxygens (including phenoxy) is 1. The zero-order chi connectivity index (χ0) is 15.4. The van der Waals surface area contributed by atoms with E-state index < -0.39 is 5.97 Å². The fourth-order valence-corrected chi connectivity index (χ4v) is 2.71. The maximum absolute atomic E-state index is 11.0. The monoisotopic (exact) mass is 301 g/mol. The van der Waals surface area contributed by atoms with Gasteiger partial charge in [-0.15, -0.1) is 0 Å². The Morgan fingerprint density at radius 3 is 2.86 bits per heavy atom. The van der Waals surface area contributed by atoms with E-state index in [1.54, 1.807) is 12.5 Å². The van der Waals surface area contributed by atoms with Crippen molar-refractivity contribution in [3.05, 3.63) is 48.5 Å². The van der Waals surface area contributed by atoms with Crippen LogP contribution in [0.5, 0.6) is 0 Å². The van der Waals surface area contributed by atoms with Crippen molar-refractivity contribution in [2.24, 2.45) is 0 Å². The van der Waals surface area contributed by atoms with Gasteiger partial charge in [0.2, 0.25) is 0 Å². The summed E-state index contributed by atoms with van der Waals surface area (Å²) >= 11 is 0. The standard InChI is InChI=1S/C16H19N3O3/c20-16(21)9-15-11-22-8-7-18(15)10-13-1-3-14(4-2-13)19-6-5-17-12-19/h1-6,12,15H,7-11H2,(H,20,21)/t15-/m1/s1. The minimum Gasteiger partial charge on any atom is -0.481 e. The first-order valence-electron chi connectivity index (χ1n) is 7.33.